The Hall–Kier alpha value is -6.23. The second-order valence-corrected chi connectivity index (χ2v) is 18.8. The Kier molecular flexibility index (Phi) is 16.6. The molecule has 0 saturated carbocycles. The first kappa shape index (κ1) is 52.7. The second-order valence-electron chi connectivity index (χ2n) is 18.0. The van der Waals surface area contributed by atoms with Gasteiger partial charge in [0.05, 0.1) is 53.5 Å². The van der Waals surface area contributed by atoms with Crippen LogP contribution in [-0.2, 0) is 27.1 Å². The van der Waals surface area contributed by atoms with Gasteiger partial charge in [-0.2, -0.15) is 0 Å². The Morgan fingerprint density at radius 2 is 1.12 bits per heavy atom. The Labute approximate surface area is 398 Å². The number of carboxylic acid groups (broad SMARTS) is 1. The maximum absolute atomic E-state index is 15.4. The summed E-state index contributed by atoms with van der Waals surface area (Å²) in [5, 5.41) is 19.3. The molecule has 0 aliphatic rings. The summed E-state index contributed by atoms with van der Waals surface area (Å²) in [5.41, 5.74) is -2.66. The van der Waals surface area contributed by atoms with Crippen molar-refractivity contribution in [1.29, 1.82) is 0 Å². The normalized spacial score (nSPS) is 12.6. The number of benzene rings is 4. The van der Waals surface area contributed by atoms with Gasteiger partial charge in [0.15, 0.2) is 0 Å². The molecular formula is C50H50Cl2F4N2O10. The summed E-state index contributed by atoms with van der Waals surface area (Å²) in [4.78, 5) is 62.3. The standard InChI is InChI=1S/C27H28ClF2NO6.C23H22ClF2NO4/c1-6-36-25(33)18-13-31(22(27(2,3)4)14-37-26(34)35-5)21-12-20(29)16(11-17(21)24(18)32)10-15-8-7-9-19(28)23(15)30;1-23(2,3)19(11-28)27-10-15(22(30)31)21(29)14-8-13(17(25)9-18(14)27)7-12-5-4-6-16(24)20(12)26/h7-9,11-13,22H,6,10,14H2,1-5H3;4-6,8-10,19,28H,7,11H2,1-3H3,(H,30,31)/t22-;19-/m11/s1. The first-order valence-electron chi connectivity index (χ1n) is 21.2. The molecule has 18 heteroatoms. The van der Waals surface area contributed by atoms with Crippen LogP contribution in [0.15, 0.2) is 82.6 Å². The number of hydrogen-bond donors (Lipinski definition) is 2. The molecule has 362 valence electrons. The molecule has 0 fully saturated rings. The molecule has 2 aromatic heterocycles. The highest BCUT2D eigenvalue weighted by Crippen LogP contribution is 2.36. The van der Waals surface area contributed by atoms with Crippen molar-refractivity contribution in [1.82, 2.24) is 9.13 Å². The maximum atomic E-state index is 15.4. The molecule has 6 rings (SSSR count). The molecule has 0 amide bonds. The van der Waals surface area contributed by atoms with Gasteiger partial charge in [-0.15, -0.1) is 0 Å². The molecule has 2 N–H and O–H groups in total. The van der Waals surface area contributed by atoms with Crippen molar-refractivity contribution >= 4 is 63.1 Å². The molecule has 4 aromatic carbocycles. The van der Waals surface area contributed by atoms with Crippen LogP contribution < -0.4 is 10.9 Å². The van der Waals surface area contributed by atoms with Crippen molar-refractivity contribution in [3.8, 4) is 0 Å². The number of hydrogen-bond acceptors (Lipinski definition) is 9. The molecule has 0 aliphatic carbocycles. The van der Waals surface area contributed by atoms with Gasteiger partial charge in [-0.25, -0.2) is 31.9 Å². The van der Waals surface area contributed by atoms with Crippen LogP contribution in [0.1, 0.15) is 104 Å². The molecule has 12 nitrogen and oxygen atoms in total. The van der Waals surface area contributed by atoms with E-state index in [1.165, 1.54) is 64.9 Å². The fraction of sp³-hybridized carbons (Fsp3) is 0.340. The molecule has 0 aliphatic heterocycles. The second kappa shape index (κ2) is 21.4. The highest BCUT2D eigenvalue weighted by Gasteiger charge is 2.32. The zero-order chi connectivity index (χ0) is 50.6. The number of carbonyl (C=O) groups is 3. The van der Waals surface area contributed by atoms with Gasteiger partial charge in [-0.1, -0.05) is 89.0 Å². The number of methoxy groups -OCH3 is 1. The first-order valence-corrected chi connectivity index (χ1v) is 21.9. The molecule has 6 aromatic rings. The predicted molar refractivity (Wildman–Crippen MR) is 250 cm³/mol. The molecule has 0 radical (unpaired) electrons. The number of nitrogens with zero attached hydrogens (tertiary/aromatic N) is 2. The highest BCUT2D eigenvalue weighted by atomic mass is 35.5. The lowest BCUT2D eigenvalue weighted by Crippen LogP contribution is -2.32. The van der Waals surface area contributed by atoms with Crippen molar-refractivity contribution in [2.24, 2.45) is 10.8 Å². The fourth-order valence-corrected chi connectivity index (χ4v) is 8.03. The average molecular weight is 986 g/mol. The molecule has 0 saturated heterocycles. The predicted octanol–water partition coefficient (Wildman–Crippen LogP) is 10.9. The van der Waals surface area contributed by atoms with Crippen LogP contribution in [0.4, 0.5) is 22.4 Å². The number of carbonyl (C=O) groups excluding carboxylic acids is 2. The number of pyridine rings is 2. The first-order chi connectivity index (χ1) is 31.8. The molecule has 68 heavy (non-hydrogen) atoms. The van der Waals surface area contributed by atoms with E-state index in [2.05, 4.69) is 4.74 Å². The summed E-state index contributed by atoms with van der Waals surface area (Å²) < 4.78 is 77.0. The van der Waals surface area contributed by atoms with E-state index < -0.39 is 80.7 Å². The number of aromatic nitrogens is 2. The summed E-state index contributed by atoms with van der Waals surface area (Å²) in [6.07, 6.45) is 1.16. The average Bonchev–Trinajstić information content (AvgIpc) is 3.26. The lowest BCUT2D eigenvalue weighted by Gasteiger charge is -2.33. The summed E-state index contributed by atoms with van der Waals surface area (Å²) >= 11 is 11.7. The van der Waals surface area contributed by atoms with E-state index in [1.54, 1.807) is 13.0 Å². The quantitative estimate of drug-likeness (QED) is 0.0891. The van der Waals surface area contributed by atoms with Gasteiger partial charge in [-0.05, 0) is 76.4 Å². The van der Waals surface area contributed by atoms with Crippen LogP contribution in [0.5, 0.6) is 0 Å². The van der Waals surface area contributed by atoms with Crippen LogP contribution in [-0.4, -0.2) is 64.4 Å². The third kappa shape index (κ3) is 11.5. The lowest BCUT2D eigenvalue weighted by molar-refractivity contribution is 0.0434. The largest absolute Gasteiger partial charge is 0.508 e. The lowest BCUT2D eigenvalue weighted by atomic mass is 9.86. The number of aromatic carboxylic acids is 1. The van der Waals surface area contributed by atoms with Gasteiger partial charge < -0.3 is 33.6 Å². The Bertz CT molecular complexity index is 3030. The number of halogens is 6. The van der Waals surface area contributed by atoms with Crippen molar-refractivity contribution in [3.63, 3.8) is 0 Å². The fourth-order valence-electron chi connectivity index (χ4n) is 7.64. The number of rotatable bonds is 12. The van der Waals surface area contributed by atoms with Crippen LogP contribution in [0, 0.1) is 34.1 Å². The third-order valence-corrected chi connectivity index (χ3v) is 11.9. The minimum atomic E-state index is -1.43. The van der Waals surface area contributed by atoms with Crippen LogP contribution in [0.25, 0.3) is 21.8 Å². The van der Waals surface area contributed by atoms with Gasteiger partial charge in [0.1, 0.15) is 41.0 Å². The molecule has 2 atom stereocenters. The van der Waals surface area contributed by atoms with E-state index in [-0.39, 0.29) is 92.3 Å². The third-order valence-electron chi connectivity index (χ3n) is 11.3. The highest BCUT2D eigenvalue weighted by molar-refractivity contribution is 6.31. The van der Waals surface area contributed by atoms with Crippen LogP contribution in [0.2, 0.25) is 10.0 Å². The summed E-state index contributed by atoms with van der Waals surface area (Å²) in [6, 6.07) is 12.3. The summed E-state index contributed by atoms with van der Waals surface area (Å²) in [7, 11) is 1.17. The monoisotopic (exact) mass is 984 g/mol. The van der Waals surface area contributed by atoms with E-state index in [9.17, 15) is 43.0 Å². The number of aliphatic hydroxyl groups is 1. The molecule has 2 heterocycles. The summed E-state index contributed by atoms with van der Waals surface area (Å²) in [6.45, 7) is 12.2. The Balaban J connectivity index is 0.000000258. The van der Waals surface area contributed by atoms with Crippen molar-refractivity contribution in [2.45, 2.75) is 73.4 Å². The van der Waals surface area contributed by atoms with Gasteiger partial charge in [0, 0.05) is 36.0 Å². The van der Waals surface area contributed by atoms with Crippen molar-refractivity contribution in [3.05, 3.63) is 160 Å². The number of carboxylic acids is 1. The van der Waals surface area contributed by atoms with Gasteiger partial charge >= 0.3 is 18.1 Å². The number of esters is 1. The van der Waals surface area contributed by atoms with E-state index in [4.69, 9.17) is 32.7 Å². The SMILES string of the molecule is CC(C)(C)[C@@H](CO)n1cc(C(=O)O)c(=O)c2cc(Cc3cccc(Cl)c3F)c(F)cc21.CCOC(=O)c1cn([C@H](COC(=O)OC)C(C)(C)C)c2cc(F)c(Cc3cccc(Cl)c3F)cc2c1=O. The van der Waals surface area contributed by atoms with Crippen LogP contribution in [0.3, 0.4) is 0 Å². The van der Waals surface area contributed by atoms with E-state index in [0.29, 0.717) is 0 Å². The molecule has 0 unspecified atom stereocenters. The maximum Gasteiger partial charge on any atom is 0.508 e. The Morgan fingerprint density at radius 1 is 0.676 bits per heavy atom. The smallest absolute Gasteiger partial charge is 0.477 e. The molecular weight excluding hydrogens is 935 g/mol. The molecule has 0 bridgehead atoms. The summed E-state index contributed by atoms with van der Waals surface area (Å²) in [5.74, 6) is -5.03. The van der Waals surface area contributed by atoms with E-state index in [1.807, 2.05) is 41.5 Å². The number of aliphatic hydroxyl groups excluding tert-OH is 1. The van der Waals surface area contributed by atoms with Gasteiger partial charge in [0.25, 0.3) is 0 Å². The van der Waals surface area contributed by atoms with Gasteiger partial charge in [0.2, 0.25) is 10.9 Å². The Morgan fingerprint density at radius 3 is 1.53 bits per heavy atom. The van der Waals surface area contributed by atoms with Crippen LogP contribution >= 0.6 is 23.2 Å². The van der Waals surface area contributed by atoms with Gasteiger partial charge in [-0.3, -0.25) is 9.59 Å². The topological polar surface area (TPSA) is 163 Å². The molecule has 0 spiro atoms. The van der Waals surface area contributed by atoms with E-state index in [0.717, 1.165) is 18.3 Å². The number of fused-ring (bicyclic) bond motifs is 2. The number of ether oxygens (including phenoxy) is 3. The van der Waals surface area contributed by atoms with Crippen molar-refractivity contribution < 1.29 is 56.4 Å². The minimum Gasteiger partial charge on any atom is -0.477 e. The van der Waals surface area contributed by atoms with Crippen molar-refractivity contribution in [2.75, 3.05) is 26.9 Å². The minimum absolute atomic E-state index is 0.0242. The van der Waals surface area contributed by atoms with E-state index >= 15 is 8.78 Å². The zero-order valence-corrected chi connectivity index (χ0v) is 40.0. The zero-order valence-electron chi connectivity index (χ0n) is 38.4.